The summed E-state index contributed by atoms with van der Waals surface area (Å²) in [6.45, 7) is 1.99. The molecule has 0 spiro atoms. The molecule has 7 nitrogen and oxygen atoms in total. The number of rotatable bonds is 4. The maximum Gasteiger partial charge on any atom is 0.361 e. The molecule has 0 amide bonds. The molecule has 0 fully saturated rings. The molecule has 0 unspecified atom stereocenters. The molecule has 0 N–H and O–H groups in total. The van der Waals surface area contributed by atoms with Crippen molar-refractivity contribution in [1.29, 1.82) is 0 Å². The minimum atomic E-state index is -0.530. The van der Waals surface area contributed by atoms with Crippen LogP contribution in [0, 0.1) is 0 Å². The van der Waals surface area contributed by atoms with E-state index in [9.17, 15) is 4.79 Å². The standard InChI is InChI=1S/C14H10ClN3O4/c1-2-20-13(19)12-9-4-3-8(7-10(9)22-18-12)21-11-5-6-16-14(15)17-11/h3-7H,2H2,1H3. The van der Waals surface area contributed by atoms with Crippen molar-refractivity contribution in [1.82, 2.24) is 15.1 Å². The molecule has 1 aromatic carbocycles. The van der Waals surface area contributed by atoms with Gasteiger partial charge in [0.25, 0.3) is 0 Å². The minimum Gasteiger partial charge on any atom is -0.461 e. The highest BCUT2D eigenvalue weighted by atomic mass is 35.5. The summed E-state index contributed by atoms with van der Waals surface area (Å²) in [5, 5.41) is 4.36. The van der Waals surface area contributed by atoms with Gasteiger partial charge in [-0.15, -0.1) is 0 Å². The highest BCUT2D eigenvalue weighted by Gasteiger charge is 2.17. The smallest absolute Gasteiger partial charge is 0.361 e. The Morgan fingerprint density at radius 1 is 1.36 bits per heavy atom. The molecule has 0 aliphatic carbocycles. The summed E-state index contributed by atoms with van der Waals surface area (Å²) >= 11 is 5.69. The Labute approximate surface area is 129 Å². The topological polar surface area (TPSA) is 87.3 Å². The average molecular weight is 320 g/mol. The fourth-order valence-corrected chi connectivity index (χ4v) is 1.96. The predicted molar refractivity (Wildman–Crippen MR) is 77.1 cm³/mol. The molecule has 0 saturated carbocycles. The average Bonchev–Trinajstić information content (AvgIpc) is 2.90. The van der Waals surface area contributed by atoms with Crippen molar-refractivity contribution in [2.24, 2.45) is 0 Å². The second kappa shape index (κ2) is 5.98. The highest BCUT2D eigenvalue weighted by Crippen LogP contribution is 2.27. The zero-order valence-corrected chi connectivity index (χ0v) is 12.2. The van der Waals surface area contributed by atoms with Gasteiger partial charge in [0.1, 0.15) is 5.75 Å². The second-order valence-corrected chi connectivity index (χ2v) is 4.51. The van der Waals surface area contributed by atoms with Crippen LogP contribution in [-0.2, 0) is 4.74 Å². The van der Waals surface area contributed by atoms with Crippen molar-refractivity contribution in [2.45, 2.75) is 6.92 Å². The van der Waals surface area contributed by atoms with Gasteiger partial charge in [-0.1, -0.05) is 5.16 Å². The first-order valence-corrected chi connectivity index (χ1v) is 6.78. The van der Waals surface area contributed by atoms with Gasteiger partial charge in [-0.25, -0.2) is 9.78 Å². The van der Waals surface area contributed by atoms with Crippen LogP contribution in [-0.4, -0.2) is 27.7 Å². The van der Waals surface area contributed by atoms with Crippen molar-refractivity contribution in [3.8, 4) is 11.6 Å². The van der Waals surface area contributed by atoms with E-state index in [1.807, 2.05) is 0 Å². The van der Waals surface area contributed by atoms with E-state index in [1.165, 1.54) is 6.20 Å². The lowest BCUT2D eigenvalue weighted by molar-refractivity contribution is 0.0517. The molecule has 2 aromatic heterocycles. The maximum absolute atomic E-state index is 11.7. The lowest BCUT2D eigenvalue weighted by Crippen LogP contribution is -2.05. The van der Waals surface area contributed by atoms with Crippen molar-refractivity contribution < 1.29 is 18.8 Å². The van der Waals surface area contributed by atoms with Crippen LogP contribution in [0.15, 0.2) is 35.0 Å². The van der Waals surface area contributed by atoms with Crippen LogP contribution in [0.25, 0.3) is 11.0 Å². The Hall–Kier alpha value is -2.67. The molecule has 2 heterocycles. The quantitative estimate of drug-likeness (QED) is 0.538. The molecule has 0 aliphatic heterocycles. The van der Waals surface area contributed by atoms with Gasteiger partial charge in [-0.3, -0.25) is 0 Å². The number of fused-ring (bicyclic) bond motifs is 1. The van der Waals surface area contributed by atoms with Crippen molar-refractivity contribution in [3.05, 3.63) is 41.4 Å². The molecule has 0 aliphatic rings. The van der Waals surface area contributed by atoms with Gasteiger partial charge in [0.2, 0.25) is 11.2 Å². The van der Waals surface area contributed by atoms with Gasteiger partial charge in [0, 0.05) is 18.3 Å². The molecule has 8 heteroatoms. The van der Waals surface area contributed by atoms with E-state index >= 15 is 0 Å². The van der Waals surface area contributed by atoms with Crippen molar-refractivity contribution in [3.63, 3.8) is 0 Å². The molecule has 0 atom stereocenters. The lowest BCUT2D eigenvalue weighted by Gasteiger charge is -2.03. The van der Waals surface area contributed by atoms with E-state index in [2.05, 4.69) is 15.1 Å². The highest BCUT2D eigenvalue weighted by molar-refractivity contribution is 6.28. The zero-order chi connectivity index (χ0) is 15.5. The maximum atomic E-state index is 11.7. The molecule has 112 valence electrons. The Kier molecular flexibility index (Phi) is 3.88. The normalized spacial score (nSPS) is 10.6. The van der Waals surface area contributed by atoms with Crippen LogP contribution in [0.1, 0.15) is 17.4 Å². The first-order chi connectivity index (χ1) is 10.7. The summed E-state index contributed by atoms with van der Waals surface area (Å²) in [4.78, 5) is 19.4. The second-order valence-electron chi connectivity index (χ2n) is 4.18. The summed E-state index contributed by atoms with van der Waals surface area (Å²) in [5.74, 6) is 0.232. The fraction of sp³-hybridized carbons (Fsp3) is 0.143. The number of halogens is 1. The first-order valence-electron chi connectivity index (χ1n) is 6.40. The number of hydrogen-bond acceptors (Lipinski definition) is 7. The SMILES string of the molecule is CCOC(=O)c1noc2cc(Oc3ccnc(Cl)n3)ccc12. The molecular weight excluding hydrogens is 310 g/mol. The molecule has 3 aromatic rings. The van der Waals surface area contributed by atoms with Gasteiger partial charge in [0.15, 0.2) is 11.3 Å². The molecule has 0 saturated heterocycles. The van der Waals surface area contributed by atoms with Gasteiger partial charge in [0.05, 0.1) is 12.0 Å². The number of aromatic nitrogens is 3. The van der Waals surface area contributed by atoms with Crippen LogP contribution in [0.5, 0.6) is 11.6 Å². The van der Waals surface area contributed by atoms with E-state index in [4.69, 9.17) is 25.6 Å². The van der Waals surface area contributed by atoms with Crippen LogP contribution in [0.4, 0.5) is 0 Å². The summed E-state index contributed by atoms with van der Waals surface area (Å²) < 4.78 is 15.6. The number of carbonyl (C=O) groups excluding carboxylic acids is 1. The van der Waals surface area contributed by atoms with Crippen LogP contribution < -0.4 is 4.74 Å². The largest absolute Gasteiger partial charge is 0.461 e. The number of carbonyl (C=O) groups is 1. The van der Waals surface area contributed by atoms with E-state index < -0.39 is 5.97 Å². The third-order valence-corrected chi connectivity index (χ3v) is 2.92. The molecule has 0 radical (unpaired) electrons. The van der Waals surface area contributed by atoms with Gasteiger partial charge < -0.3 is 14.0 Å². The third-order valence-electron chi connectivity index (χ3n) is 2.74. The van der Waals surface area contributed by atoms with E-state index in [0.717, 1.165) is 0 Å². The molecular formula is C14H10ClN3O4. The third kappa shape index (κ3) is 2.84. The summed E-state index contributed by atoms with van der Waals surface area (Å²) in [5.41, 5.74) is 0.536. The predicted octanol–water partition coefficient (Wildman–Crippen LogP) is 3.24. The summed E-state index contributed by atoms with van der Waals surface area (Å²) in [7, 11) is 0. The zero-order valence-electron chi connectivity index (χ0n) is 11.4. The monoisotopic (exact) mass is 319 g/mol. The van der Waals surface area contributed by atoms with Crippen molar-refractivity contribution >= 4 is 28.5 Å². The van der Waals surface area contributed by atoms with Crippen LogP contribution in [0.3, 0.4) is 0 Å². The Bertz CT molecular complexity index is 834. The van der Waals surface area contributed by atoms with Gasteiger partial charge in [-0.05, 0) is 30.7 Å². The fourth-order valence-electron chi connectivity index (χ4n) is 1.83. The Morgan fingerprint density at radius 2 is 2.23 bits per heavy atom. The minimum absolute atomic E-state index is 0.0860. The first kappa shape index (κ1) is 14.3. The summed E-state index contributed by atoms with van der Waals surface area (Å²) in [6, 6.07) is 6.50. The van der Waals surface area contributed by atoms with E-state index in [1.54, 1.807) is 31.2 Å². The van der Waals surface area contributed by atoms with Gasteiger partial charge in [-0.2, -0.15) is 4.98 Å². The number of esters is 1. The molecule has 3 rings (SSSR count). The Morgan fingerprint density at radius 3 is 3.00 bits per heavy atom. The van der Waals surface area contributed by atoms with Crippen molar-refractivity contribution in [2.75, 3.05) is 6.61 Å². The number of hydrogen-bond donors (Lipinski definition) is 0. The van der Waals surface area contributed by atoms with E-state index in [-0.39, 0.29) is 17.6 Å². The molecule has 22 heavy (non-hydrogen) atoms. The van der Waals surface area contributed by atoms with E-state index in [0.29, 0.717) is 22.6 Å². The van der Waals surface area contributed by atoms with Crippen LogP contribution >= 0.6 is 11.6 Å². The summed E-state index contributed by atoms with van der Waals surface area (Å²) in [6.07, 6.45) is 1.48. The molecule has 0 bridgehead atoms. The number of ether oxygens (including phenoxy) is 2. The number of benzene rings is 1. The van der Waals surface area contributed by atoms with Gasteiger partial charge >= 0.3 is 5.97 Å². The lowest BCUT2D eigenvalue weighted by atomic mass is 10.2. The number of nitrogens with zero attached hydrogens (tertiary/aromatic N) is 3. The Balaban J connectivity index is 1.89. The van der Waals surface area contributed by atoms with Crippen LogP contribution in [0.2, 0.25) is 5.28 Å².